The Hall–Kier alpha value is -0.950. The van der Waals surface area contributed by atoms with Crippen LogP contribution in [0.15, 0.2) is 12.7 Å². The van der Waals surface area contributed by atoms with E-state index >= 15 is 0 Å². The van der Waals surface area contributed by atoms with Crippen molar-refractivity contribution in [1.82, 2.24) is 4.90 Å². The topological polar surface area (TPSA) is 59.0 Å². The van der Waals surface area contributed by atoms with Gasteiger partial charge in [-0.1, -0.05) is 20.4 Å². The van der Waals surface area contributed by atoms with Crippen molar-refractivity contribution < 1.29 is 23.9 Å². The Balaban J connectivity index is 1.30. The minimum Gasteiger partial charge on any atom is -0.456 e. The first-order valence-corrected chi connectivity index (χ1v) is 15.9. The molecule has 0 bridgehead atoms. The van der Waals surface area contributed by atoms with Gasteiger partial charge in [-0.25, -0.2) is 0 Å². The van der Waals surface area contributed by atoms with Crippen molar-refractivity contribution >= 4 is 5.97 Å². The van der Waals surface area contributed by atoms with Crippen LogP contribution in [0.2, 0.25) is 0 Å². The summed E-state index contributed by atoms with van der Waals surface area (Å²) in [5.41, 5.74) is 0.343. The highest BCUT2D eigenvalue weighted by atomic mass is 16.5. The Labute approximate surface area is 230 Å². The van der Waals surface area contributed by atoms with Crippen LogP contribution in [0.5, 0.6) is 0 Å². The number of quaternary nitrogens is 1. The molecule has 6 aliphatic rings. The minimum atomic E-state index is -0.209. The predicted octanol–water partition coefficient (Wildman–Crippen LogP) is 4.41. The number of aliphatic hydroxyl groups excluding tert-OH is 1. The quantitative estimate of drug-likeness (QED) is 0.325. The van der Waals surface area contributed by atoms with E-state index in [-0.39, 0.29) is 35.0 Å². The fraction of sp³-hybridized carbons (Fsp3) is 0.906. The number of aliphatic hydroxyl groups is 1. The van der Waals surface area contributed by atoms with Crippen LogP contribution in [-0.2, 0) is 14.3 Å². The normalized spacial score (nSPS) is 48.5. The summed E-state index contributed by atoms with van der Waals surface area (Å²) in [5.74, 6) is 2.54. The van der Waals surface area contributed by atoms with E-state index in [9.17, 15) is 9.90 Å². The molecule has 6 heteroatoms. The van der Waals surface area contributed by atoms with E-state index in [1.165, 1.54) is 51.6 Å². The van der Waals surface area contributed by atoms with Crippen LogP contribution in [0.4, 0.5) is 0 Å². The van der Waals surface area contributed by atoms with Gasteiger partial charge in [0.05, 0.1) is 39.0 Å². The Bertz CT molecular complexity index is 898. The molecule has 0 amide bonds. The summed E-state index contributed by atoms with van der Waals surface area (Å²) >= 11 is 0. The molecule has 0 aromatic carbocycles. The zero-order valence-electron chi connectivity index (χ0n) is 24.3. The van der Waals surface area contributed by atoms with Crippen molar-refractivity contribution in [2.24, 2.45) is 34.5 Å². The third kappa shape index (κ3) is 4.23. The molecule has 6 fully saturated rings. The molecule has 0 radical (unpaired) electrons. The molecule has 5 unspecified atom stereocenters. The van der Waals surface area contributed by atoms with E-state index in [0.29, 0.717) is 29.7 Å². The number of hydrogen-bond donors (Lipinski definition) is 1. The zero-order chi connectivity index (χ0) is 26.7. The molecule has 6 nitrogen and oxygen atoms in total. The number of rotatable bonds is 5. The maximum atomic E-state index is 12.5. The van der Waals surface area contributed by atoms with Gasteiger partial charge in [-0.05, 0) is 73.7 Å². The molecule has 4 saturated carbocycles. The van der Waals surface area contributed by atoms with Crippen LogP contribution in [0.25, 0.3) is 0 Å². The molecule has 1 N–H and O–H groups in total. The maximum Gasteiger partial charge on any atom is 0.303 e. The molecule has 10 atom stereocenters. The van der Waals surface area contributed by atoms with Crippen molar-refractivity contribution in [3.8, 4) is 0 Å². The first kappa shape index (κ1) is 27.2. The Morgan fingerprint density at radius 3 is 2.53 bits per heavy atom. The number of carbonyl (C=O) groups excluding carboxylic acids is 1. The summed E-state index contributed by atoms with van der Waals surface area (Å²) in [5, 5.41) is 11.3. The smallest absolute Gasteiger partial charge is 0.303 e. The van der Waals surface area contributed by atoms with Crippen LogP contribution in [0, 0.1) is 34.5 Å². The predicted molar refractivity (Wildman–Crippen MR) is 148 cm³/mol. The monoisotopic (exact) mass is 529 g/mol. The van der Waals surface area contributed by atoms with Gasteiger partial charge >= 0.3 is 5.97 Å². The minimum absolute atomic E-state index is 0.0174. The first-order chi connectivity index (χ1) is 18.2. The molecule has 214 valence electrons. The SMILES string of the molecule is C=CC[N+]1(C2CC3C4CC[C@H]5C[C@H](O)C(N6CCOCC6)C[C@]5(C)C4CC[C@]3(C)[C@H]2OC(C)=O)CCCC1. The fourth-order valence-corrected chi connectivity index (χ4v) is 11.3. The fourth-order valence-electron chi connectivity index (χ4n) is 11.3. The highest BCUT2D eigenvalue weighted by Gasteiger charge is 2.67. The van der Waals surface area contributed by atoms with E-state index in [2.05, 4.69) is 31.4 Å². The summed E-state index contributed by atoms with van der Waals surface area (Å²) in [6.45, 7) is 17.7. The molecular weight excluding hydrogens is 476 g/mol. The largest absolute Gasteiger partial charge is 0.456 e. The Morgan fingerprint density at radius 2 is 1.84 bits per heavy atom. The molecule has 38 heavy (non-hydrogen) atoms. The van der Waals surface area contributed by atoms with Gasteiger partial charge in [0.1, 0.15) is 6.04 Å². The highest BCUT2D eigenvalue weighted by Crippen LogP contribution is 2.67. The molecule has 2 saturated heterocycles. The molecule has 4 aliphatic carbocycles. The summed E-state index contributed by atoms with van der Waals surface area (Å²) in [7, 11) is 0. The molecule has 0 spiro atoms. The summed E-state index contributed by atoms with van der Waals surface area (Å²) in [4.78, 5) is 15.0. The summed E-state index contributed by atoms with van der Waals surface area (Å²) < 4.78 is 13.1. The third-order valence-electron chi connectivity index (χ3n) is 13.1. The second-order valence-corrected chi connectivity index (χ2v) is 14.6. The number of morpholine rings is 1. The number of nitrogens with zero attached hydrogens (tertiary/aromatic N) is 2. The lowest BCUT2D eigenvalue weighted by atomic mass is 9.44. The van der Waals surface area contributed by atoms with Crippen molar-refractivity contribution in [3.63, 3.8) is 0 Å². The van der Waals surface area contributed by atoms with Gasteiger partial charge in [0, 0.05) is 50.7 Å². The second kappa shape index (κ2) is 10.2. The maximum absolute atomic E-state index is 12.5. The van der Waals surface area contributed by atoms with Gasteiger partial charge in [0.15, 0.2) is 6.10 Å². The van der Waals surface area contributed by atoms with E-state index in [4.69, 9.17) is 9.47 Å². The van der Waals surface area contributed by atoms with Crippen LogP contribution in [0.1, 0.15) is 78.6 Å². The number of fused-ring (bicyclic) bond motifs is 5. The second-order valence-electron chi connectivity index (χ2n) is 14.6. The lowest BCUT2D eigenvalue weighted by molar-refractivity contribution is -0.937. The van der Waals surface area contributed by atoms with Crippen LogP contribution in [-0.4, -0.2) is 90.7 Å². The van der Waals surface area contributed by atoms with Gasteiger partial charge in [-0.15, -0.1) is 0 Å². The Kier molecular flexibility index (Phi) is 7.27. The molecule has 6 rings (SSSR count). The molecule has 2 heterocycles. The number of hydrogen-bond acceptors (Lipinski definition) is 5. The van der Waals surface area contributed by atoms with Crippen molar-refractivity contribution in [2.75, 3.05) is 45.9 Å². The van der Waals surface area contributed by atoms with Crippen molar-refractivity contribution in [3.05, 3.63) is 12.7 Å². The average molecular weight is 530 g/mol. The van der Waals surface area contributed by atoms with E-state index in [0.717, 1.165) is 56.6 Å². The van der Waals surface area contributed by atoms with E-state index < -0.39 is 0 Å². The third-order valence-corrected chi connectivity index (χ3v) is 13.1. The van der Waals surface area contributed by atoms with Crippen LogP contribution in [0.3, 0.4) is 0 Å². The van der Waals surface area contributed by atoms with Gasteiger partial charge in [0.2, 0.25) is 0 Å². The summed E-state index contributed by atoms with van der Waals surface area (Å²) in [6.07, 6.45) is 12.7. The van der Waals surface area contributed by atoms with E-state index in [1.807, 2.05) is 0 Å². The highest BCUT2D eigenvalue weighted by molar-refractivity contribution is 5.66. The molecule has 0 aromatic rings. The average Bonchev–Trinajstić information content (AvgIpc) is 3.48. The first-order valence-electron chi connectivity index (χ1n) is 15.9. The standard InChI is InChI=1S/C32H53N2O4/c1-5-14-34(15-6-7-16-34)28-20-26-24-9-8-23-19-29(36)27(33-12-17-37-18-13-33)21-32(23,4)25(24)10-11-31(26,3)30(28)38-22(2)35/h5,23-30,36H,1,6-21H2,2-4H3/q+1/t23-,24?,25?,26?,27?,28?,29-,30-,31-,32-/m0/s1. The zero-order valence-corrected chi connectivity index (χ0v) is 24.3. The van der Waals surface area contributed by atoms with Gasteiger partial charge in [-0.2, -0.15) is 0 Å². The van der Waals surface area contributed by atoms with Crippen molar-refractivity contribution in [2.45, 2.75) is 103 Å². The van der Waals surface area contributed by atoms with Gasteiger partial charge < -0.3 is 19.1 Å². The van der Waals surface area contributed by atoms with E-state index in [1.54, 1.807) is 6.92 Å². The van der Waals surface area contributed by atoms with Gasteiger partial charge in [-0.3, -0.25) is 9.69 Å². The molecule has 2 aliphatic heterocycles. The lowest BCUT2D eigenvalue weighted by Crippen LogP contribution is -2.61. The van der Waals surface area contributed by atoms with Crippen molar-refractivity contribution in [1.29, 1.82) is 0 Å². The van der Waals surface area contributed by atoms with Gasteiger partial charge in [0.25, 0.3) is 0 Å². The number of esters is 1. The van der Waals surface area contributed by atoms with Crippen LogP contribution < -0.4 is 0 Å². The number of carbonyl (C=O) groups is 1. The number of likely N-dealkylation sites (tertiary alicyclic amines) is 1. The lowest BCUT2D eigenvalue weighted by Gasteiger charge is -2.62. The van der Waals surface area contributed by atoms with Crippen LogP contribution >= 0.6 is 0 Å². The number of ether oxygens (including phenoxy) is 2. The Morgan fingerprint density at radius 1 is 1.11 bits per heavy atom. The molecular formula is C32H53N2O4+. The summed E-state index contributed by atoms with van der Waals surface area (Å²) in [6, 6.07) is 0.663. The molecule has 0 aromatic heterocycles.